The van der Waals surface area contributed by atoms with Crippen LogP contribution in [0.4, 0.5) is 10.5 Å². The molecule has 9 nitrogen and oxygen atoms in total. The predicted molar refractivity (Wildman–Crippen MR) is 177 cm³/mol. The number of carbonyl (C=O) groups is 3. The van der Waals surface area contributed by atoms with Gasteiger partial charge in [0.2, 0.25) is 5.91 Å². The number of alkyl carbamates (subject to hydrolysis) is 1. The first-order valence-corrected chi connectivity index (χ1v) is 15.5. The molecular weight excluding hydrogens is 594 g/mol. The number of hydrogen-bond acceptors (Lipinski definition) is 6. The number of carbonyl (C=O) groups excluding carboxylic acids is 3. The van der Waals surface area contributed by atoms with Crippen molar-refractivity contribution in [2.75, 3.05) is 11.9 Å². The van der Waals surface area contributed by atoms with Crippen molar-refractivity contribution in [3.8, 4) is 11.5 Å². The van der Waals surface area contributed by atoms with Crippen LogP contribution in [0.3, 0.4) is 0 Å². The molecule has 0 bridgehead atoms. The van der Waals surface area contributed by atoms with Crippen LogP contribution in [0, 0.1) is 13.8 Å². The number of aromatic hydroxyl groups is 2. The SMILES string of the molecule is CCCCCN(C(=O)C(Cc1ccc(O)cc1)NC(=O)OC(C)(C)C)C(C(=O)Nc1c(C)cccc1Cl)c1ccc(O)c(C)c1. The largest absolute Gasteiger partial charge is 0.508 e. The molecule has 0 saturated carbocycles. The van der Waals surface area contributed by atoms with Crippen LogP contribution in [0.25, 0.3) is 0 Å². The van der Waals surface area contributed by atoms with Crippen LogP contribution in [0.5, 0.6) is 11.5 Å². The summed E-state index contributed by atoms with van der Waals surface area (Å²) in [5, 5.41) is 26.1. The number of rotatable bonds is 12. The molecule has 242 valence electrons. The van der Waals surface area contributed by atoms with E-state index in [1.165, 1.54) is 23.1 Å². The van der Waals surface area contributed by atoms with Gasteiger partial charge in [-0.1, -0.05) is 61.7 Å². The van der Waals surface area contributed by atoms with Gasteiger partial charge < -0.3 is 30.5 Å². The van der Waals surface area contributed by atoms with Crippen LogP contribution in [0.15, 0.2) is 60.7 Å². The normalized spacial score (nSPS) is 12.6. The number of unbranched alkanes of at least 4 members (excludes halogenated alkanes) is 2. The van der Waals surface area contributed by atoms with Crippen LogP contribution in [-0.2, 0) is 20.7 Å². The molecule has 0 aliphatic rings. The van der Waals surface area contributed by atoms with Crippen LogP contribution in [0.1, 0.15) is 75.3 Å². The number of aryl methyl sites for hydroxylation is 2. The molecule has 0 aliphatic carbocycles. The number of amides is 3. The molecule has 0 aliphatic heterocycles. The number of hydrogen-bond donors (Lipinski definition) is 4. The van der Waals surface area contributed by atoms with E-state index in [2.05, 4.69) is 10.6 Å². The standard InChI is InChI=1S/C35H44ClN3O6/c1-7-8-9-19-39(33(43)28(37-34(44)45-35(4,5)6)21-24-13-16-26(40)17-14-24)31(25-15-18-29(41)23(3)20-25)32(42)38-30-22(2)11-10-12-27(30)36/h10-18,20,28,31,40-41H,7-9,19,21H2,1-6H3,(H,37,44)(H,38,42). The summed E-state index contributed by atoms with van der Waals surface area (Å²) in [5.74, 6) is -0.869. The number of ether oxygens (including phenoxy) is 1. The molecule has 0 heterocycles. The zero-order chi connectivity index (χ0) is 33.3. The number of benzene rings is 3. The first-order valence-electron chi connectivity index (χ1n) is 15.1. The molecule has 3 aromatic carbocycles. The van der Waals surface area contributed by atoms with Crippen molar-refractivity contribution in [2.45, 2.75) is 84.9 Å². The summed E-state index contributed by atoms with van der Waals surface area (Å²) in [7, 11) is 0. The third kappa shape index (κ3) is 10.1. The molecule has 0 radical (unpaired) electrons. The Bertz CT molecular complexity index is 1470. The minimum Gasteiger partial charge on any atom is -0.508 e. The molecule has 2 atom stereocenters. The van der Waals surface area contributed by atoms with Gasteiger partial charge in [0.15, 0.2) is 0 Å². The Balaban J connectivity index is 2.13. The molecule has 3 amide bonds. The molecule has 3 aromatic rings. The number of nitrogens with zero attached hydrogens (tertiary/aromatic N) is 1. The summed E-state index contributed by atoms with van der Waals surface area (Å²) in [4.78, 5) is 43.4. The van der Waals surface area contributed by atoms with E-state index in [0.717, 1.165) is 18.4 Å². The Labute approximate surface area is 270 Å². The lowest BCUT2D eigenvalue weighted by Gasteiger charge is -2.35. The van der Waals surface area contributed by atoms with Crippen molar-refractivity contribution in [1.29, 1.82) is 0 Å². The van der Waals surface area contributed by atoms with Crippen molar-refractivity contribution >= 4 is 35.2 Å². The third-order valence-corrected chi connectivity index (χ3v) is 7.53. The summed E-state index contributed by atoms with van der Waals surface area (Å²) >= 11 is 6.47. The van der Waals surface area contributed by atoms with Crippen LogP contribution < -0.4 is 10.6 Å². The highest BCUT2D eigenvalue weighted by Gasteiger charge is 2.37. The fraction of sp³-hybridized carbons (Fsp3) is 0.400. The average Bonchev–Trinajstić information content (AvgIpc) is 2.96. The molecule has 0 fully saturated rings. The van der Waals surface area contributed by atoms with Crippen LogP contribution in [0.2, 0.25) is 5.02 Å². The maximum absolute atomic E-state index is 14.6. The van der Waals surface area contributed by atoms with Crippen molar-refractivity contribution in [1.82, 2.24) is 10.2 Å². The Morgan fingerprint density at radius 2 is 1.64 bits per heavy atom. The van der Waals surface area contributed by atoms with Gasteiger partial charge in [-0.3, -0.25) is 9.59 Å². The zero-order valence-corrected chi connectivity index (χ0v) is 27.6. The Hall–Kier alpha value is -4.24. The summed E-state index contributed by atoms with van der Waals surface area (Å²) in [6, 6.07) is 14.2. The van der Waals surface area contributed by atoms with Gasteiger partial charge >= 0.3 is 6.09 Å². The van der Waals surface area contributed by atoms with E-state index in [-0.39, 0.29) is 24.5 Å². The molecule has 4 N–H and O–H groups in total. The predicted octanol–water partition coefficient (Wildman–Crippen LogP) is 7.20. The molecule has 45 heavy (non-hydrogen) atoms. The monoisotopic (exact) mass is 637 g/mol. The third-order valence-electron chi connectivity index (χ3n) is 7.22. The highest BCUT2D eigenvalue weighted by Crippen LogP contribution is 2.31. The minimum absolute atomic E-state index is 0.0560. The highest BCUT2D eigenvalue weighted by atomic mass is 35.5. The van der Waals surface area contributed by atoms with Gasteiger partial charge in [0.1, 0.15) is 29.2 Å². The number of nitrogens with one attached hydrogen (secondary N) is 2. The number of phenols is 2. The van der Waals surface area contributed by atoms with E-state index >= 15 is 0 Å². The quantitative estimate of drug-likeness (QED) is 0.155. The second kappa shape index (κ2) is 15.7. The first-order chi connectivity index (χ1) is 21.2. The van der Waals surface area contributed by atoms with Gasteiger partial charge in [0.05, 0.1) is 10.7 Å². The Morgan fingerprint density at radius 1 is 0.956 bits per heavy atom. The molecule has 2 unspecified atom stereocenters. The van der Waals surface area contributed by atoms with Crippen LogP contribution >= 0.6 is 11.6 Å². The van der Waals surface area contributed by atoms with Gasteiger partial charge in [-0.05, 0) is 93.6 Å². The second-order valence-electron chi connectivity index (χ2n) is 12.2. The minimum atomic E-state index is -1.13. The average molecular weight is 638 g/mol. The summed E-state index contributed by atoms with van der Waals surface area (Å²) in [5.41, 5.74) is 2.07. The van der Waals surface area contributed by atoms with Crippen molar-refractivity contribution < 1.29 is 29.3 Å². The summed E-state index contributed by atoms with van der Waals surface area (Å²) in [6.45, 7) is 11.0. The maximum Gasteiger partial charge on any atom is 0.408 e. The first kappa shape index (κ1) is 35.2. The molecule has 0 saturated heterocycles. The van der Waals surface area contributed by atoms with E-state index in [1.807, 2.05) is 19.9 Å². The molecule has 0 aromatic heterocycles. The van der Waals surface area contributed by atoms with E-state index < -0.39 is 35.6 Å². The van der Waals surface area contributed by atoms with E-state index in [0.29, 0.717) is 33.8 Å². The van der Waals surface area contributed by atoms with Gasteiger partial charge in [0.25, 0.3) is 5.91 Å². The van der Waals surface area contributed by atoms with E-state index in [4.69, 9.17) is 16.3 Å². The molecule has 3 rings (SSSR count). The van der Waals surface area contributed by atoms with Crippen molar-refractivity contribution in [3.63, 3.8) is 0 Å². The number of halogens is 1. The fourth-order valence-corrected chi connectivity index (χ4v) is 5.19. The lowest BCUT2D eigenvalue weighted by atomic mass is 9.98. The number of para-hydroxylation sites is 1. The van der Waals surface area contributed by atoms with Crippen LogP contribution in [-0.4, -0.2) is 51.2 Å². The molecular formula is C35H44ClN3O6. The summed E-state index contributed by atoms with van der Waals surface area (Å²) in [6.07, 6.45) is 1.59. The Morgan fingerprint density at radius 3 is 2.24 bits per heavy atom. The van der Waals surface area contributed by atoms with E-state index in [9.17, 15) is 24.6 Å². The van der Waals surface area contributed by atoms with E-state index in [1.54, 1.807) is 64.1 Å². The van der Waals surface area contributed by atoms with Gasteiger partial charge in [-0.15, -0.1) is 0 Å². The fourth-order valence-electron chi connectivity index (χ4n) is 4.92. The highest BCUT2D eigenvalue weighted by molar-refractivity contribution is 6.34. The lowest BCUT2D eigenvalue weighted by Crippen LogP contribution is -2.53. The number of phenolic OH excluding ortho intramolecular Hbond substituents is 2. The smallest absolute Gasteiger partial charge is 0.408 e. The Kier molecular flexibility index (Phi) is 12.3. The molecule has 0 spiro atoms. The lowest BCUT2D eigenvalue weighted by molar-refractivity contribution is -0.140. The number of anilines is 1. The summed E-state index contributed by atoms with van der Waals surface area (Å²) < 4.78 is 5.50. The zero-order valence-electron chi connectivity index (χ0n) is 26.8. The van der Waals surface area contributed by atoms with Gasteiger partial charge in [-0.2, -0.15) is 0 Å². The van der Waals surface area contributed by atoms with Gasteiger partial charge in [-0.25, -0.2) is 4.79 Å². The molecule has 10 heteroatoms. The topological polar surface area (TPSA) is 128 Å². The maximum atomic E-state index is 14.6. The van der Waals surface area contributed by atoms with Crippen molar-refractivity contribution in [2.24, 2.45) is 0 Å². The second-order valence-corrected chi connectivity index (χ2v) is 12.6. The van der Waals surface area contributed by atoms with Gasteiger partial charge in [0, 0.05) is 13.0 Å². The van der Waals surface area contributed by atoms with Crippen molar-refractivity contribution in [3.05, 3.63) is 87.9 Å².